The standard InChI is InChI=1S/C10H9F3N2O/c11-10(12,13)8-6-9(16)15(14-8)7-4-2-1-3-5-7/h1-5,9,16H,6H2. The lowest BCUT2D eigenvalue weighted by Crippen LogP contribution is -2.26. The van der Waals surface area contributed by atoms with Gasteiger partial charge >= 0.3 is 6.18 Å². The average molecular weight is 230 g/mol. The van der Waals surface area contributed by atoms with Crippen molar-refractivity contribution < 1.29 is 18.3 Å². The summed E-state index contributed by atoms with van der Waals surface area (Å²) in [6, 6.07) is 8.25. The van der Waals surface area contributed by atoms with Crippen LogP contribution in [0.25, 0.3) is 0 Å². The number of anilines is 1. The third-order valence-electron chi connectivity index (χ3n) is 2.23. The van der Waals surface area contributed by atoms with Gasteiger partial charge in [0.2, 0.25) is 0 Å². The van der Waals surface area contributed by atoms with Crippen LogP contribution in [-0.2, 0) is 0 Å². The van der Waals surface area contributed by atoms with Crippen molar-refractivity contribution in [3.63, 3.8) is 0 Å². The molecule has 1 aromatic carbocycles. The number of hydrazone groups is 1. The highest BCUT2D eigenvalue weighted by atomic mass is 19.4. The Hall–Kier alpha value is -1.56. The molecule has 0 saturated carbocycles. The lowest BCUT2D eigenvalue weighted by Gasteiger charge is -2.18. The molecule has 16 heavy (non-hydrogen) atoms. The Labute approximate surface area is 89.8 Å². The van der Waals surface area contributed by atoms with Crippen LogP contribution in [0, 0.1) is 0 Å². The van der Waals surface area contributed by atoms with Crippen LogP contribution in [0.1, 0.15) is 6.42 Å². The molecule has 0 amide bonds. The SMILES string of the molecule is OC1CC(C(F)(F)F)=NN1c1ccccc1. The van der Waals surface area contributed by atoms with E-state index in [2.05, 4.69) is 5.10 Å². The maximum Gasteiger partial charge on any atom is 0.431 e. The zero-order chi connectivity index (χ0) is 11.8. The second-order valence-electron chi connectivity index (χ2n) is 3.41. The monoisotopic (exact) mass is 230 g/mol. The Morgan fingerprint density at radius 1 is 1.25 bits per heavy atom. The van der Waals surface area contributed by atoms with Gasteiger partial charge in [-0.1, -0.05) is 18.2 Å². The first-order chi connectivity index (χ1) is 7.48. The summed E-state index contributed by atoms with van der Waals surface area (Å²) in [6.07, 6.45) is -6.23. The summed E-state index contributed by atoms with van der Waals surface area (Å²) in [4.78, 5) is 0. The minimum absolute atomic E-state index is 0.439. The molecule has 0 saturated heterocycles. The van der Waals surface area contributed by atoms with Gasteiger partial charge in [-0.25, -0.2) is 5.01 Å². The zero-order valence-corrected chi connectivity index (χ0v) is 8.15. The number of aliphatic hydroxyl groups excluding tert-OH is 1. The number of hydrogen-bond acceptors (Lipinski definition) is 3. The van der Waals surface area contributed by atoms with E-state index in [1.165, 1.54) is 0 Å². The molecule has 2 rings (SSSR count). The Morgan fingerprint density at radius 2 is 1.88 bits per heavy atom. The highest BCUT2D eigenvalue weighted by Gasteiger charge is 2.42. The highest BCUT2D eigenvalue weighted by Crippen LogP contribution is 2.29. The number of hydrogen-bond donors (Lipinski definition) is 1. The summed E-state index contributed by atoms with van der Waals surface area (Å²) in [5, 5.41) is 13.8. The number of benzene rings is 1. The highest BCUT2D eigenvalue weighted by molar-refractivity contribution is 5.93. The molecule has 3 nitrogen and oxygen atoms in total. The second-order valence-corrected chi connectivity index (χ2v) is 3.41. The van der Waals surface area contributed by atoms with Crippen molar-refractivity contribution in [3.05, 3.63) is 30.3 Å². The lowest BCUT2D eigenvalue weighted by atomic mass is 10.2. The molecule has 86 valence electrons. The fourth-order valence-corrected chi connectivity index (χ4v) is 1.48. The van der Waals surface area contributed by atoms with Crippen molar-refractivity contribution in [2.45, 2.75) is 18.8 Å². The van der Waals surface area contributed by atoms with Gasteiger partial charge in [0, 0.05) is 6.42 Å². The smallest absolute Gasteiger partial charge is 0.371 e. The minimum Gasteiger partial charge on any atom is -0.371 e. The topological polar surface area (TPSA) is 35.8 Å². The van der Waals surface area contributed by atoms with Crippen molar-refractivity contribution in [1.82, 2.24) is 0 Å². The fraction of sp³-hybridized carbons (Fsp3) is 0.300. The quantitative estimate of drug-likeness (QED) is 0.802. The summed E-state index contributed by atoms with van der Waals surface area (Å²) in [6.45, 7) is 0. The number of halogens is 3. The summed E-state index contributed by atoms with van der Waals surface area (Å²) in [5.41, 5.74) is -0.516. The zero-order valence-electron chi connectivity index (χ0n) is 8.15. The number of para-hydroxylation sites is 1. The predicted octanol–water partition coefficient (Wildman–Crippen LogP) is 2.13. The third-order valence-corrected chi connectivity index (χ3v) is 2.23. The van der Waals surface area contributed by atoms with Crippen LogP contribution >= 0.6 is 0 Å². The van der Waals surface area contributed by atoms with Crippen LogP contribution < -0.4 is 5.01 Å². The molecule has 1 heterocycles. The van der Waals surface area contributed by atoms with Crippen LogP contribution in [0.5, 0.6) is 0 Å². The second kappa shape index (κ2) is 3.79. The molecular weight excluding hydrogens is 221 g/mol. The van der Waals surface area contributed by atoms with Crippen LogP contribution in [0.3, 0.4) is 0 Å². The first kappa shape index (κ1) is 10.9. The number of alkyl halides is 3. The van der Waals surface area contributed by atoms with Gasteiger partial charge in [-0.2, -0.15) is 18.3 Å². The molecule has 1 aliphatic rings. The van der Waals surface area contributed by atoms with E-state index in [0.29, 0.717) is 5.69 Å². The van der Waals surface area contributed by atoms with E-state index in [-0.39, 0.29) is 0 Å². The van der Waals surface area contributed by atoms with Gasteiger partial charge in [-0.3, -0.25) is 0 Å². The molecule has 1 N–H and O–H groups in total. The maximum atomic E-state index is 12.4. The van der Waals surface area contributed by atoms with Crippen molar-refractivity contribution in [2.75, 3.05) is 5.01 Å². The molecule has 0 radical (unpaired) electrons. The van der Waals surface area contributed by atoms with Crippen molar-refractivity contribution in [1.29, 1.82) is 0 Å². The van der Waals surface area contributed by atoms with Gasteiger partial charge in [-0.15, -0.1) is 0 Å². The molecule has 6 heteroatoms. The molecule has 0 spiro atoms. The Bertz CT molecular complexity index is 402. The molecule has 0 bridgehead atoms. The molecule has 1 aromatic rings. The van der Waals surface area contributed by atoms with Crippen LogP contribution in [0.2, 0.25) is 0 Å². The van der Waals surface area contributed by atoms with Crippen LogP contribution in [0.4, 0.5) is 18.9 Å². The Kier molecular flexibility index (Phi) is 2.59. The molecule has 0 aromatic heterocycles. The number of aliphatic hydroxyl groups is 1. The van der Waals surface area contributed by atoms with E-state index in [4.69, 9.17) is 0 Å². The van der Waals surface area contributed by atoms with Crippen LogP contribution in [0.15, 0.2) is 35.4 Å². The molecule has 1 atom stereocenters. The Balaban J connectivity index is 2.28. The predicted molar refractivity (Wildman–Crippen MR) is 53.0 cm³/mol. The van der Waals surface area contributed by atoms with E-state index in [1.54, 1.807) is 30.3 Å². The number of nitrogens with zero attached hydrogens (tertiary/aromatic N) is 2. The molecule has 0 fully saturated rings. The summed E-state index contributed by atoms with van der Waals surface area (Å²) in [5.74, 6) is 0. The van der Waals surface area contributed by atoms with Crippen LogP contribution in [-0.4, -0.2) is 23.2 Å². The largest absolute Gasteiger partial charge is 0.431 e. The first-order valence-corrected chi connectivity index (χ1v) is 4.65. The summed E-state index contributed by atoms with van der Waals surface area (Å²) in [7, 11) is 0. The van der Waals surface area contributed by atoms with Gasteiger partial charge in [0.25, 0.3) is 0 Å². The summed E-state index contributed by atoms with van der Waals surface area (Å²) < 4.78 is 37.1. The van der Waals surface area contributed by atoms with E-state index >= 15 is 0 Å². The maximum absolute atomic E-state index is 12.4. The lowest BCUT2D eigenvalue weighted by molar-refractivity contribution is -0.0606. The third kappa shape index (κ3) is 2.01. The van der Waals surface area contributed by atoms with E-state index < -0.39 is 24.5 Å². The molecular formula is C10H9F3N2O. The Morgan fingerprint density at radius 3 is 2.38 bits per heavy atom. The van der Waals surface area contributed by atoms with Crippen molar-refractivity contribution >= 4 is 11.4 Å². The first-order valence-electron chi connectivity index (χ1n) is 4.65. The molecule has 0 aliphatic carbocycles. The van der Waals surface area contributed by atoms with Crippen molar-refractivity contribution in [3.8, 4) is 0 Å². The fourth-order valence-electron chi connectivity index (χ4n) is 1.48. The van der Waals surface area contributed by atoms with Crippen molar-refractivity contribution in [2.24, 2.45) is 5.10 Å². The molecule has 1 aliphatic heterocycles. The van der Waals surface area contributed by atoms with Gasteiger partial charge in [0.05, 0.1) is 5.69 Å². The van der Waals surface area contributed by atoms with E-state index in [1.807, 2.05) is 0 Å². The van der Waals surface area contributed by atoms with Gasteiger partial charge in [0.15, 0.2) is 6.23 Å². The van der Waals surface area contributed by atoms with Gasteiger partial charge in [0.1, 0.15) is 5.71 Å². The van der Waals surface area contributed by atoms with Gasteiger partial charge < -0.3 is 5.11 Å². The van der Waals surface area contributed by atoms with E-state index in [9.17, 15) is 18.3 Å². The normalized spacial score (nSPS) is 21.1. The van der Waals surface area contributed by atoms with Gasteiger partial charge in [-0.05, 0) is 12.1 Å². The summed E-state index contributed by atoms with van der Waals surface area (Å²) >= 11 is 0. The minimum atomic E-state index is -4.48. The average Bonchev–Trinajstić information content (AvgIpc) is 2.61. The molecule has 1 unspecified atom stereocenters. The number of rotatable bonds is 1. The van der Waals surface area contributed by atoms with E-state index in [0.717, 1.165) is 5.01 Å².